The quantitative estimate of drug-likeness (QED) is 0.580. The van der Waals surface area contributed by atoms with Crippen molar-refractivity contribution in [2.75, 3.05) is 13.2 Å². The average molecular weight is 129 g/mol. The van der Waals surface area contributed by atoms with Gasteiger partial charge in [-0.1, -0.05) is 6.92 Å². The van der Waals surface area contributed by atoms with E-state index in [0.29, 0.717) is 13.2 Å². The van der Waals surface area contributed by atoms with Gasteiger partial charge in [-0.25, -0.2) is 0 Å². The van der Waals surface area contributed by atoms with Crippen LogP contribution in [-0.2, 0) is 4.74 Å². The van der Waals surface area contributed by atoms with Crippen LogP contribution < -0.4 is 5.73 Å². The van der Waals surface area contributed by atoms with Crippen LogP contribution in [0.15, 0.2) is 11.8 Å². The number of hydrogen-bond acceptors (Lipinski definition) is 2. The van der Waals surface area contributed by atoms with E-state index in [4.69, 9.17) is 10.5 Å². The molecule has 0 aliphatic carbocycles. The van der Waals surface area contributed by atoms with E-state index in [1.807, 2.05) is 13.0 Å². The Bertz CT molecular complexity index is 88.9. The molecule has 0 unspecified atom stereocenters. The number of ether oxygens (including phenoxy) is 1. The first-order chi connectivity index (χ1) is 4.35. The van der Waals surface area contributed by atoms with Crippen molar-refractivity contribution in [3.8, 4) is 0 Å². The van der Waals surface area contributed by atoms with Gasteiger partial charge < -0.3 is 10.5 Å². The van der Waals surface area contributed by atoms with Gasteiger partial charge in [-0.05, 0) is 19.4 Å². The highest BCUT2D eigenvalue weighted by Crippen LogP contribution is 1.95. The largest absolute Gasteiger partial charge is 0.497 e. The van der Waals surface area contributed by atoms with Crippen molar-refractivity contribution < 1.29 is 4.74 Å². The second-order valence-corrected chi connectivity index (χ2v) is 1.72. The molecule has 9 heavy (non-hydrogen) atoms. The van der Waals surface area contributed by atoms with Crippen LogP contribution in [0.4, 0.5) is 0 Å². The molecular formula is C7H15NO. The topological polar surface area (TPSA) is 35.2 Å². The summed E-state index contributed by atoms with van der Waals surface area (Å²) in [5.74, 6) is 0.903. The molecule has 0 aromatic rings. The lowest BCUT2D eigenvalue weighted by atomic mass is 10.4. The molecule has 0 fully saturated rings. The van der Waals surface area contributed by atoms with Crippen molar-refractivity contribution in [2.45, 2.75) is 20.3 Å². The lowest BCUT2D eigenvalue weighted by molar-refractivity contribution is 0.225. The first kappa shape index (κ1) is 8.50. The summed E-state index contributed by atoms with van der Waals surface area (Å²) in [4.78, 5) is 0. The van der Waals surface area contributed by atoms with E-state index in [-0.39, 0.29) is 0 Å². The summed E-state index contributed by atoms with van der Waals surface area (Å²) in [5.41, 5.74) is 5.35. The first-order valence-corrected chi connectivity index (χ1v) is 3.37. The third-order valence-corrected chi connectivity index (χ3v) is 0.963. The van der Waals surface area contributed by atoms with Crippen LogP contribution in [0.3, 0.4) is 0 Å². The summed E-state index contributed by atoms with van der Waals surface area (Å²) in [7, 11) is 0. The SMILES string of the molecule is CC/C=C(/CN)OCC. The van der Waals surface area contributed by atoms with Gasteiger partial charge >= 0.3 is 0 Å². The Morgan fingerprint density at radius 2 is 2.22 bits per heavy atom. The van der Waals surface area contributed by atoms with Crippen molar-refractivity contribution in [3.63, 3.8) is 0 Å². The van der Waals surface area contributed by atoms with Gasteiger partial charge in [-0.2, -0.15) is 0 Å². The van der Waals surface area contributed by atoms with E-state index in [9.17, 15) is 0 Å². The normalized spacial score (nSPS) is 11.7. The summed E-state index contributed by atoms with van der Waals surface area (Å²) in [6, 6.07) is 0. The molecule has 0 radical (unpaired) electrons. The van der Waals surface area contributed by atoms with Gasteiger partial charge in [0.25, 0.3) is 0 Å². The zero-order chi connectivity index (χ0) is 7.11. The van der Waals surface area contributed by atoms with Crippen molar-refractivity contribution in [1.82, 2.24) is 0 Å². The highest BCUT2D eigenvalue weighted by Gasteiger charge is 1.88. The summed E-state index contributed by atoms with van der Waals surface area (Å²) in [6.07, 6.45) is 3.00. The summed E-state index contributed by atoms with van der Waals surface area (Å²) in [6.45, 7) is 5.25. The number of allylic oxidation sites excluding steroid dienone is 1. The number of rotatable bonds is 4. The summed E-state index contributed by atoms with van der Waals surface area (Å²) < 4.78 is 5.17. The average Bonchev–Trinajstić information content (AvgIpc) is 1.88. The third kappa shape index (κ3) is 4.03. The minimum Gasteiger partial charge on any atom is -0.497 e. The van der Waals surface area contributed by atoms with Crippen LogP contribution in [0.1, 0.15) is 20.3 Å². The second kappa shape index (κ2) is 5.63. The highest BCUT2D eigenvalue weighted by atomic mass is 16.5. The molecule has 54 valence electrons. The van der Waals surface area contributed by atoms with E-state index in [2.05, 4.69) is 6.92 Å². The predicted molar refractivity (Wildman–Crippen MR) is 39.1 cm³/mol. The fraction of sp³-hybridized carbons (Fsp3) is 0.714. The molecule has 2 nitrogen and oxygen atoms in total. The lowest BCUT2D eigenvalue weighted by Crippen LogP contribution is -2.06. The Balaban J connectivity index is 3.53. The molecule has 0 aromatic carbocycles. The molecule has 0 spiro atoms. The molecule has 0 aromatic heterocycles. The number of nitrogens with two attached hydrogens (primary N) is 1. The molecule has 0 amide bonds. The number of hydrogen-bond donors (Lipinski definition) is 1. The van der Waals surface area contributed by atoms with E-state index >= 15 is 0 Å². The van der Waals surface area contributed by atoms with Crippen LogP contribution >= 0.6 is 0 Å². The fourth-order valence-corrected chi connectivity index (χ4v) is 0.614. The maximum atomic E-state index is 5.35. The monoisotopic (exact) mass is 129 g/mol. The van der Waals surface area contributed by atoms with E-state index < -0.39 is 0 Å². The Morgan fingerprint density at radius 1 is 1.56 bits per heavy atom. The maximum Gasteiger partial charge on any atom is 0.105 e. The zero-order valence-corrected chi connectivity index (χ0v) is 6.18. The molecule has 0 saturated carbocycles. The van der Waals surface area contributed by atoms with Crippen LogP contribution in [0.25, 0.3) is 0 Å². The van der Waals surface area contributed by atoms with Crippen molar-refractivity contribution in [2.24, 2.45) is 5.73 Å². The Kier molecular flexibility index (Phi) is 5.32. The van der Waals surface area contributed by atoms with Gasteiger partial charge in [0, 0.05) is 0 Å². The van der Waals surface area contributed by atoms with Crippen molar-refractivity contribution >= 4 is 0 Å². The van der Waals surface area contributed by atoms with E-state index in [1.54, 1.807) is 0 Å². The van der Waals surface area contributed by atoms with E-state index in [1.165, 1.54) is 0 Å². The molecule has 0 rings (SSSR count). The van der Waals surface area contributed by atoms with Crippen LogP contribution in [0.2, 0.25) is 0 Å². The van der Waals surface area contributed by atoms with Gasteiger partial charge in [0.05, 0.1) is 13.2 Å². The smallest absolute Gasteiger partial charge is 0.105 e. The van der Waals surface area contributed by atoms with Crippen molar-refractivity contribution in [1.29, 1.82) is 0 Å². The summed E-state index contributed by atoms with van der Waals surface area (Å²) >= 11 is 0. The minimum atomic E-state index is 0.516. The third-order valence-electron chi connectivity index (χ3n) is 0.963. The van der Waals surface area contributed by atoms with Gasteiger partial charge in [0.15, 0.2) is 0 Å². The molecule has 0 aliphatic rings. The van der Waals surface area contributed by atoms with Crippen LogP contribution in [-0.4, -0.2) is 13.2 Å². The highest BCUT2D eigenvalue weighted by molar-refractivity contribution is 4.93. The molecule has 0 heterocycles. The lowest BCUT2D eigenvalue weighted by Gasteiger charge is -2.03. The first-order valence-electron chi connectivity index (χ1n) is 3.37. The predicted octanol–water partition coefficient (Wildman–Crippen LogP) is 1.28. The molecular weight excluding hydrogens is 114 g/mol. The van der Waals surface area contributed by atoms with E-state index in [0.717, 1.165) is 12.2 Å². The van der Waals surface area contributed by atoms with Crippen LogP contribution in [0.5, 0.6) is 0 Å². The minimum absolute atomic E-state index is 0.516. The van der Waals surface area contributed by atoms with Crippen molar-refractivity contribution in [3.05, 3.63) is 11.8 Å². The molecule has 2 N–H and O–H groups in total. The van der Waals surface area contributed by atoms with Gasteiger partial charge in [-0.15, -0.1) is 0 Å². The maximum absolute atomic E-state index is 5.35. The molecule has 0 bridgehead atoms. The Hall–Kier alpha value is -0.500. The Morgan fingerprint density at radius 3 is 2.56 bits per heavy atom. The van der Waals surface area contributed by atoms with Crippen LogP contribution in [0, 0.1) is 0 Å². The molecule has 0 saturated heterocycles. The fourth-order valence-electron chi connectivity index (χ4n) is 0.614. The second-order valence-electron chi connectivity index (χ2n) is 1.72. The molecule has 2 heteroatoms. The molecule has 0 atom stereocenters. The molecule has 0 aliphatic heterocycles. The van der Waals surface area contributed by atoms with Gasteiger partial charge in [0.2, 0.25) is 0 Å². The zero-order valence-electron chi connectivity index (χ0n) is 6.18. The Labute approximate surface area is 56.7 Å². The van der Waals surface area contributed by atoms with Gasteiger partial charge in [-0.3, -0.25) is 0 Å². The van der Waals surface area contributed by atoms with Gasteiger partial charge in [0.1, 0.15) is 5.76 Å². The summed E-state index contributed by atoms with van der Waals surface area (Å²) in [5, 5.41) is 0. The standard InChI is InChI=1S/C7H15NO/c1-3-5-7(6-8)9-4-2/h5H,3-4,6,8H2,1-2H3/b7-5-.